The topological polar surface area (TPSA) is 525 Å². The first-order valence-corrected chi connectivity index (χ1v) is 48.8. The Labute approximate surface area is 820 Å². The van der Waals surface area contributed by atoms with E-state index < -0.39 is 120 Å². The maximum Gasteiger partial charge on any atom is 0.407 e. The Morgan fingerprint density at radius 3 is 1.16 bits per heavy atom. The molecule has 49 nitrogen and oxygen atoms in total. The maximum absolute atomic E-state index is 14.4. The Bertz CT molecular complexity index is 4290. The summed E-state index contributed by atoms with van der Waals surface area (Å²) in [6.45, 7) is 24.4. The molecular weight excluding hydrogens is 1860 g/mol. The number of nitrogens with zero attached hydrogens (tertiary/aromatic N) is 9. The van der Waals surface area contributed by atoms with E-state index in [0.717, 1.165) is 12.0 Å². The zero-order chi connectivity index (χ0) is 99.4. The van der Waals surface area contributed by atoms with Crippen molar-refractivity contribution in [3.05, 3.63) is 71.6 Å². The van der Waals surface area contributed by atoms with E-state index >= 15 is 0 Å². The molecule has 6 N–H and O–H groups in total. The lowest BCUT2D eigenvalue weighted by molar-refractivity contribution is -0.305. The Hall–Kier alpha value is -7.82. The number of carbonyl (C=O) groups is 6. The molecule has 15 atom stereocenters. The van der Waals surface area contributed by atoms with Crippen molar-refractivity contribution in [1.29, 1.82) is 0 Å². The van der Waals surface area contributed by atoms with Gasteiger partial charge in [0.05, 0.1) is 243 Å². The van der Waals surface area contributed by atoms with Gasteiger partial charge >= 0.3 is 6.09 Å². The molecule has 9 saturated heterocycles. The van der Waals surface area contributed by atoms with Crippen molar-refractivity contribution in [2.75, 3.05) is 205 Å². The molecule has 792 valence electrons. The number of unbranched alkanes of at least 4 members (excludes halogenated alkanes) is 4. The van der Waals surface area contributed by atoms with Crippen LogP contribution in [0.15, 0.2) is 48.9 Å². The predicted octanol–water partition coefficient (Wildman–Crippen LogP) is 1.04. The van der Waals surface area contributed by atoms with Gasteiger partial charge in [-0.2, -0.15) is 0 Å². The van der Waals surface area contributed by atoms with Gasteiger partial charge in [0, 0.05) is 46.7 Å². The van der Waals surface area contributed by atoms with Crippen LogP contribution in [-0.4, -0.2) is 399 Å². The lowest BCUT2D eigenvalue weighted by atomic mass is 9.88. The molecule has 0 radical (unpaired) electrons. The van der Waals surface area contributed by atoms with Gasteiger partial charge in [0.1, 0.15) is 102 Å². The third-order valence-electron chi connectivity index (χ3n) is 24.0. The van der Waals surface area contributed by atoms with E-state index in [0.29, 0.717) is 201 Å². The molecule has 3 aromatic heterocycles. The monoisotopic (exact) mass is 2000 g/mol. The van der Waals surface area contributed by atoms with Crippen LogP contribution in [0.25, 0.3) is 0 Å². The van der Waals surface area contributed by atoms with Crippen molar-refractivity contribution < 1.29 is 161 Å². The number of benzene rings is 1. The van der Waals surface area contributed by atoms with Crippen molar-refractivity contribution in [2.45, 2.75) is 273 Å². The second-order valence-electron chi connectivity index (χ2n) is 37.2. The van der Waals surface area contributed by atoms with Crippen LogP contribution in [0.4, 0.5) is 4.79 Å². The number of ether oxygens (including phenoxy) is 28. The van der Waals surface area contributed by atoms with Crippen LogP contribution in [0, 0.1) is 0 Å². The highest BCUT2D eigenvalue weighted by molar-refractivity contribution is 5.77. The molecule has 4 aromatic rings. The number of hydrogen-bond donors (Lipinski definition) is 6. The Morgan fingerprint density at radius 2 is 0.745 bits per heavy atom. The summed E-state index contributed by atoms with van der Waals surface area (Å²) in [4.78, 5) is 75.4. The number of rotatable bonds is 71. The van der Waals surface area contributed by atoms with Crippen molar-refractivity contribution in [2.24, 2.45) is 0 Å². The highest BCUT2D eigenvalue weighted by atomic mass is 16.9. The van der Waals surface area contributed by atoms with Crippen LogP contribution in [0.5, 0.6) is 0 Å². The molecule has 9 aliphatic heterocycles. The summed E-state index contributed by atoms with van der Waals surface area (Å²) < 4.78 is 174. The van der Waals surface area contributed by atoms with Crippen LogP contribution in [0.2, 0.25) is 0 Å². The summed E-state index contributed by atoms with van der Waals surface area (Å²) in [7, 11) is 0. The molecule has 13 rings (SSSR count). The van der Waals surface area contributed by atoms with E-state index in [1.54, 1.807) is 46.5 Å². The molecule has 1 aromatic carbocycles. The van der Waals surface area contributed by atoms with E-state index in [9.17, 15) is 28.8 Å². The normalized spacial score (nSPS) is 26.6. The zero-order valence-electron chi connectivity index (χ0n) is 82.5. The summed E-state index contributed by atoms with van der Waals surface area (Å²) in [5, 5.41) is 43.7. The van der Waals surface area contributed by atoms with Crippen LogP contribution in [0.3, 0.4) is 0 Å². The molecule has 6 bridgehead atoms. The first kappa shape index (κ1) is 110. The Kier molecular flexibility index (Phi) is 43.1. The average Bonchev–Trinajstić information content (AvgIpc) is 1.58. The molecule has 6 amide bonds. The van der Waals surface area contributed by atoms with Gasteiger partial charge in [-0.25, -0.2) is 18.8 Å². The van der Waals surface area contributed by atoms with E-state index in [4.69, 9.17) is 133 Å². The van der Waals surface area contributed by atoms with Gasteiger partial charge in [0.15, 0.2) is 36.2 Å². The fraction of sp³-hybridized carbons (Fsp3) is 0.804. The number of nitrogens with one attached hydrogen (secondary N) is 6. The lowest BCUT2D eigenvalue weighted by Gasteiger charge is -2.42. The van der Waals surface area contributed by atoms with Gasteiger partial charge in [-0.3, -0.25) is 24.0 Å². The third kappa shape index (κ3) is 34.4. The Morgan fingerprint density at radius 1 is 0.383 bits per heavy atom. The van der Waals surface area contributed by atoms with Crippen LogP contribution < -0.4 is 31.9 Å². The van der Waals surface area contributed by atoms with Gasteiger partial charge < -0.3 is 165 Å². The molecule has 12 heterocycles. The minimum Gasteiger partial charge on any atom is -0.445 e. The molecule has 0 unspecified atom stereocenters. The molecule has 141 heavy (non-hydrogen) atoms. The maximum atomic E-state index is 14.4. The molecule has 0 spiro atoms. The number of aromatic nitrogens is 9. The van der Waals surface area contributed by atoms with Crippen molar-refractivity contribution in [3.63, 3.8) is 0 Å². The van der Waals surface area contributed by atoms with Crippen LogP contribution >= 0.6 is 0 Å². The largest absolute Gasteiger partial charge is 0.445 e. The van der Waals surface area contributed by atoms with E-state index in [2.05, 4.69) is 62.8 Å². The standard InChI is InChI=1S/C92H145N15O34/c1-64(108)95-73-76-79(136-86(4,5)133-76)90(61-129-82(73)139-90)59-123-45-43-120-39-37-117-34-31-114-28-25-105-49-68(99-102-105)53-125-56-89(98-72(112)22-16-12-17-23-93-71(111)21-15-11-18-24-94-85(113)128-52-67-19-13-10-14-20-67,58-127-55-70-51-107(104-101-70)27-30-116-33-36-119-41-42-122-47-48-132-92-63-131-84(141-92)75(97-66(3)110)78-81(92)138-88(8,9)135-78)57-126-54-69-50-106(103-100-69)26-29-115-32-35-118-38-40-121-44-46-124-60-91-62-130-83(140-91)74(96-65(2)109)77-80(91)137-87(6,7)134-77/h10,13-14,19-20,49-51,73-84H,11-12,15-18,21-48,52-63H2,1-9H3,(H,93,111)(H,94,113)(H,95,108)(H,96,109)(H,97,110)(H,98,112)/t73-,74-,75-,76-,77-,78-,79-,80-,81-,82+,83+,84+,90+,91+,92+/m1/s1. The molecule has 9 fully saturated rings. The molecule has 49 heteroatoms. The number of carbonyl (C=O) groups excluding carboxylic acids is 6. The second kappa shape index (κ2) is 55.1. The van der Waals surface area contributed by atoms with Crippen molar-refractivity contribution >= 4 is 35.6 Å². The summed E-state index contributed by atoms with van der Waals surface area (Å²) in [5.41, 5.74) is -0.711. The quantitative estimate of drug-likeness (QED) is 0.0336. The van der Waals surface area contributed by atoms with E-state index in [1.165, 1.54) is 20.8 Å². The molecule has 0 aliphatic carbocycles. The molecule has 0 saturated carbocycles. The number of hydrogen-bond acceptors (Lipinski definition) is 40. The van der Waals surface area contributed by atoms with Gasteiger partial charge in [0.25, 0.3) is 0 Å². The van der Waals surface area contributed by atoms with Gasteiger partial charge in [-0.05, 0) is 72.8 Å². The SMILES string of the molecule is CC(=O)N[C@H]1[C@H]2OC[C@](COCCOCCOCCOCCn3cc(COCC(COCc4cn(CCOCCOCCOCCOC[C@@]56CO[C@@H](O5)[C@H](NC(C)=O)[C@H]5OC(C)(C)O[C@H]56)nn4)(COCc4cn(CCOCCOCCOCCO[C@@]56CO[C@@H](O5)[C@H](NC(C)=O)[C@H]5OC(C)(C)O[C@H]56)nn4)NC(=O)CCCCCNC(=O)CCCCCNC(=O)OCc4ccccc4)nn3)(O2)[C@@H]2OC(C)(C)O[C@H]12. The zero-order valence-corrected chi connectivity index (χ0v) is 82.5. The van der Waals surface area contributed by atoms with Gasteiger partial charge in [0.2, 0.25) is 35.3 Å². The highest BCUT2D eigenvalue weighted by Gasteiger charge is 2.70. The fourth-order valence-corrected chi connectivity index (χ4v) is 17.6. The molecule has 9 aliphatic rings. The van der Waals surface area contributed by atoms with Gasteiger partial charge in [-0.15, -0.1) is 15.3 Å². The summed E-state index contributed by atoms with van der Waals surface area (Å²) >= 11 is 0. The number of alkyl carbamates (subject to hydrolysis) is 1. The second-order valence-corrected chi connectivity index (χ2v) is 37.2. The fourth-order valence-electron chi connectivity index (χ4n) is 17.6. The van der Waals surface area contributed by atoms with Gasteiger partial charge in [-0.1, -0.05) is 58.8 Å². The number of fused-ring (bicyclic) bond motifs is 12. The summed E-state index contributed by atoms with van der Waals surface area (Å²) in [5.74, 6) is -4.97. The highest BCUT2D eigenvalue weighted by Crippen LogP contribution is 2.50. The minimum atomic E-state index is -1.32. The summed E-state index contributed by atoms with van der Waals surface area (Å²) in [6, 6.07) is 7.81. The minimum absolute atomic E-state index is 0.00797. The van der Waals surface area contributed by atoms with E-state index in [1.807, 2.05) is 58.0 Å². The van der Waals surface area contributed by atoms with Crippen LogP contribution in [-0.2, 0) is 203 Å². The smallest absolute Gasteiger partial charge is 0.407 e. The molecular formula is C92H145N15O34. The average molecular weight is 2010 g/mol. The van der Waals surface area contributed by atoms with Crippen molar-refractivity contribution in [1.82, 2.24) is 76.9 Å². The Balaban J connectivity index is 0.543. The first-order chi connectivity index (χ1) is 68.2. The lowest BCUT2D eigenvalue weighted by Crippen LogP contribution is -2.65. The number of amides is 6. The first-order valence-electron chi connectivity index (χ1n) is 48.8. The van der Waals surface area contributed by atoms with E-state index in [-0.39, 0.29) is 142 Å². The van der Waals surface area contributed by atoms with Crippen LogP contribution in [0.1, 0.15) is 136 Å². The van der Waals surface area contributed by atoms with Crippen molar-refractivity contribution in [3.8, 4) is 0 Å². The predicted molar refractivity (Wildman–Crippen MR) is 484 cm³/mol. The summed E-state index contributed by atoms with van der Waals surface area (Å²) in [6.07, 6.45) is 3.77. The third-order valence-corrected chi connectivity index (χ3v) is 24.0.